The summed E-state index contributed by atoms with van der Waals surface area (Å²) in [5.41, 5.74) is 1.37. The highest BCUT2D eigenvalue weighted by Gasteiger charge is 2.19. The Kier molecular flexibility index (Phi) is 5.05. The van der Waals surface area contributed by atoms with Gasteiger partial charge >= 0.3 is 5.97 Å². The predicted molar refractivity (Wildman–Crippen MR) is 97.1 cm³/mol. The molecular formula is C17H18BrNO4S. The van der Waals surface area contributed by atoms with Crippen LogP contribution in [0.15, 0.2) is 51.8 Å². The second-order valence-corrected chi connectivity index (χ2v) is 8.92. The van der Waals surface area contributed by atoms with E-state index in [9.17, 15) is 13.2 Å². The predicted octanol–water partition coefficient (Wildman–Crippen LogP) is 4.25. The van der Waals surface area contributed by atoms with Crippen molar-refractivity contribution < 1.29 is 18.3 Å². The van der Waals surface area contributed by atoms with Gasteiger partial charge in [-0.25, -0.2) is 13.2 Å². The van der Waals surface area contributed by atoms with E-state index in [1.54, 1.807) is 12.1 Å². The average molecular weight is 412 g/mol. The van der Waals surface area contributed by atoms with E-state index in [-0.39, 0.29) is 15.9 Å². The molecule has 0 aliphatic rings. The molecule has 0 amide bonds. The zero-order valence-electron chi connectivity index (χ0n) is 13.5. The first kappa shape index (κ1) is 18.5. The fourth-order valence-electron chi connectivity index (χ4n) is 2.09. The average Bonchev–Trinajstić information content (AvgIpc) is 2.46. The molecule has 2 rings (SSSR count). The molecule has 0 aromatic heterocycles. The fourth-order valence-corrected chi connectivity index (χ4v) is 3.59. The van der Waals surface area contributed by atoms with E-state index in [1.807, 2.05) is 12.1 Å². The first-order chi connectivity index (χ1) is 11.0. The molecule has 0 radical (unpaired) electrons. The Labute approximate surface area is 149 Å². The van der Waals surface area contributed by atoms with Crippen molar-refractivity contribution >= 4 is 37.6 Å². The van der Waals surface area contributed by atoms with Gasteiger partial charge in [-0.2, -0.15) is 0 Å². The van der Waals surface area contributed by atoms with Crippen molar-refractivity contribution in [2.75, 3.05) is 4.72 Å². The number of carbonyl (C=O) groups is 1. The lowest BCUT2D eigenvalue weighted by molar-refractivity contribution is 0.0695. The van der Waals surface area contributed by atoms with Gasteiger partial charge in [0.2, 0.25) is 0 Å². The van der Waals surface area contributed by atoms with Crippen molar-refractivity contribution in [3.63, 3.8) is 0 Å². The van der Waals surface area contributed by atoms with Gasteiger partial charge < -0.3 is 5.11 Å². The van der Waals surface area contributed by atoms with E-state index in [0.29, 0.717) is 10.2 Å². The summed E-state index contributed by atoms with van der Waals surface area (Å²) in [6.45, 7) is 6.21. The van der Waals surface area contributed by atoms with Gasteiger partial charge in [-0.3, -0.25) is 4.72 Å². The van der Waals surface area contributed by atoms with Crippen molar-refractivity contribution in [2.45, 2.75) is 31.1 Å². The molecule has 0 aliphatic carbocycles. The van der Waals surface area contributed by atoms with Crippen LogP contribution in [0, 0.1) is 0 Å². The van der Waals surface area contributed by atoms with E-state index < -0.39 is 16.0 Å². The zero-order valence-corrected chi connectivity index (χ0v) is 15.9. The number of sulfonamides is 1. The van der Waals surface area contributed by atoms with Crippen LogP contribution >= 0.6 is 15.9 Å². The molecule has 0 spiro atoms. The molecule has 24 heavy (non-hydrogen) atoms. The van der Waals surface area contributed by atoms with Crippen molar-refractivity contribution in [2.24, 2.45) is 0 Å². The van der Waals surface area contributed by atoms with E-state index in [4.69, 9.17) is 5.11 Å². The van der Waals surface area contributed by atoms with Crippen LogP contribution in [-0.2, 0) is 15.4 Å². The lowest BCUT2D eigenvalue weighted by Crippen LogP contribution is -2.15. The Hall–Kier alpha value is -1.86. The minimum atomic E-state index is -3.87. The summed E-state index contributed by atoms with van der Waals surface area (Å²) < 4.78 is 27.7. The van der Waals surface area contributed by atoms with Crippen molar-refractivity contribution in [3.05, 3.63) is 58.1 Å². The molecule has 0 fully saturated rings. The molecule has 0 unspecified atom stereocenters. The van der Waals surface area contributed by atoms with Crippen LogP contribution in [-0.4, -0.2) is 19.5 Å². The monoisotopic (exact) mass is 411 g/mol. The summed E-state index contributed by atoms with van der Waals surface area (Å²) in [4.78, 5) is 11.0. The third-order valence-corrected chi connectivity index (χ3v) is 5.55. The Morgan fingerprint density at radius 2 is 1.67 bits per heavy atom. The molecule has 128 valence electrons. The number of carboxylic acids is 1. The SMILES string of the molecule is CC(C)(C)c1ccc(NS(=O)(=O)c2ccc(Br)c(C(=O)O)c2)cc1. The second-order valence-electron chi connectivity index (χ2n) is 6.38. The Morgan fingerprint density at radius 1 is 1.08 bits per heavy atom. The summed E-state index contributed by atoms with van der Waals surface area (Å²) in [7, 11) is -3.87. The summed E-state index contributed by atoms with van der Waals surface area (Å²) in [6, 6.07) is 11.0. The van der Waals surface area contributed by atoms with Gasteiger partial charge in [0.05, 0.1) is 10.5 Å². The van der Waals surface area contributed by atoms with Crippen molar-refractivity contribution in [3.8, 4) is 0 Å². The van der Waals surface area contributed by atoms with E-state index in [2.05, 4.69) is 41.4 Å². The van der Waals surface area contributed by atoms with Gasteiger partial charge in [-0.05, 0) is 57.2 Å². The van der Waals surface area contributed by atoms with Crippen LogP contribution in [0.1, 0.15) is 36.7 Å². The number of carboxylic acid groups (broad SMARTS) is 1. The van der Waals surface area contributed by atoms with Gasteiger partial charge in [0, 0.05) is 10.2 Å². The highest BCUT2D eigenvalue weighted by molar-refractivity contribution is 9.10. The third-order valence-electron chi connectivity index (χ3n) is 3.48. The van der Waals surface area contributed by atoms with Crippen molar-refractivity contribution in [1.29, 1.82) is 0 Å². The standard InChI is InChI=1S/C17H18BrNO4S/c1-17(2,3)11-4-6-12(7-5-11)19-24(22,23)13-8-9-15(18)14(10-13)16(20)21/h4-10,19H,1-3H3,(H,20,21). The molecule has 5 nitrogen and oxygen atoms in total. The summed E-state index contributed by atoms with van der Waals surface area (Å²) >= 11 is 3.10. The lowest BCUT2D eigenvalue weighted by Gasteiger charge is -2.19. The smallest absolute Gasteiger partial charge is 0.336 e. The van der Waals surface area contributed by atoms with Gasteiger partial charge in [0.1, 0.15) is 0 Å². The number of hydrogen-bond donors (Lipinski definition) is 2. The molecule has 7 heteroatoms. The number of nitrogens with one attached hydrogen (secondary N) is 1. The molecule has 0 saturated heterocycles. The lowest BCUT2D eigenvalue weighted by atomic mass is 9.87. The molecule has 0 aliphatic heterocycles. The fraction of sp³-hybridized carbons (Fsp3) is 0.235. The molecule has 0 bridgehead atoms. The normalized spacial score (nSPS) is 12.0. The van der Waals surface area contributed by atoms with Crippen LogP contribution in [0.25, 0.3) is 0 Å². The number of rotatable bonds is 4. The second kappa shape index (κ2) is 6.57. The summed E-state index contributed by atoms with van der Waals surface area (Å²) in [6.07, 6.45) is 0. The molecule has 0 atom stereocenters. The Balaban J connectivity index is 2.32. The Bertz CT molecular complexity index is 868. The van der Waals surface area contributed by atoms with Gasteiger partial charge in [-0.1, -0.05) is 32.9 Å². The molecule has 0 heterocycles. The van der Waals surface area contributed by atoms with E-state index in [0.717, 1.165) is 11.6 Å². The molecule has 2 aromatic rings. The maximum atomic E-state index is 12.5. The van der Waals surface area contributed by atoms with Gasteiger partial charge in [-0.15, -0.1) is 0 Å². The van der Waals surface area contributed by atoms with Crippen LogP contribution in [0.5, 0.6) is 0 Å². The van der Waals surface area contributed by atoms with Gasteiger partial charge in [0.25, 0.3) is 10.0 Å². The summed E-state index contributed by atoms with van der Waals surface area (Å²) in [5, 5.41) is 9.11. The first-order valence-corrected chi connectivity index (χ1v) is 9.44. The number of benzene rings is 2. The molecule has 2 aromatic carbocycles. The summed E-state index contributed by atoms with van der Waals surface area (Å²) in [5.74, 6) is -1.20. The number of halogens is 1. The largest absolute Gasteiger partial charge is 0.478 e. The van der Waals surface area contributed by atoms with Crippen LogP contribution in [0.4, 0.5) is 5.69 Å². The van der Waals surface area contributed by atoms with Gasteiger partial charge in [0.15, 0.2) is 0 Å². The number of anilines is 1. The highest BCUT2D eigenvalue weighted by Crippen LogP contribution is 2.26. The van der Waals surface area contributed by atoms with Crippen LogP contribution < -0.4 is 4.72 Å². The number of hydrogen-bond acceptors (Lipinski definition) is 3. The van der Waals surface area contributed by atoms with Crippen molar-refractivity contribution in [1.82, 2.24) is 0 Å². The van der Waals surface area contributed by atoms with E-state index >= 15 is 0 Å². The Morgan fingerprint density at radius 3 is 2.17 bits per heavy atom. The van der Waals surface area contributed by atoms with E-state index in [1.165, 1.54) is 12.1 Å². The minimum absolute atomic E-state index is 0.0283. The topological polar surface area (TPSA) is 83.5 Å². The van der Waals surface area contributed by atoms with Crippen LogP contribution in [0.3, 0.4) is 0 Å². The molecule has 0 saturated carbocycles. The molecular weight excluding hydrogens is 394 g/mol. The maximum absolute atomic E-state index is 12.5. The van der Waals surface area contributed by atoms with Crippen LogP contribution in [0.2, 0.25) is 0 Å². The minimum Gasteiger partial charge on any atom is -0.478 e. The number of aromatic carboxylic acids is 1. The first-order valence-electron chi connectivity index (χ1n) is 7.17. The zero-order chi connectivity index (χ0) is 18.1. The maximum Gasteiger partial charge on any atom is 0.336 e. The third kappa shape index (κ3) is 4.15. The highest BCUT2D eigenvalue weighted by atomic mass is 79.9. The quantitative estimate of drug-likeness (QED) is 0.787. The molecule has 2 N–H and O–H groups in total.